The average Bonchev–Trinajstić information content (AvgIpc) is 2.86. The van der Waals surface area contributed by atoms with Gasteiger partial charge < -0.3 is 29.4 Å². The summed E-state index contributed by atoms with van der Waals surface area (Å²) in [4.78, 5) is 13.3. The zero-order valence-corrected chi connectivity index (χ0v) is 19.0. The first-order chi connectivity index (χ1) is 16.0. The molecule has 4 aromatic rings. The van der Waals surface area contributed by atoms with E-state index in [1.165, 1.54) is 6.33 Å². The molecular weight excluding hydrogens is 424 g/mol. The van der Waals surface area contributed by atoms with Gasteiger partial charge in [-0.05, 0) is 47.5 Å². The first-order valence-corrected chi connectivity index (χ1v) is 9.98. The second-order valence-corrected chi connectivity index (χ2v) is 7.00. The van der Waals surface area contributed by atoms with Crippen LogP contribution in [-0.4, -0.2) is 50.5 Å². The van der Waals surface area contributed by atoms with Crippen molar-refractivity contribution in [1.29, 1.82) is 0 Å². The van der Waals surface area contributed by atoms with Gasteiger partial charge in [-0.15, -0.1) is 0 Å². The minimum Gasteiger partial charge on any atom is -0.493 e. The fourth-order valence-electron chi connectivity index (χ4n) is 3.70. The van der Waals surface area contributed by atoms with Gasteiger partial charge in [0, 0.05) is 5.56 Å². The van der Waals surface area contributed by atoms with Crippen LogP contribution in [0.25, 0.3) is 33.4 Å². The number of anilines is 1. The van der Waals surface area contributed by atoms with Crippen LogP contribution < -0.4 is 29.4 Å². The van der Waals surface area contributed by atoms with E-state index < -0.39 is 0 Å². The van der Waals surface area contributed by atoms with Crippen molar-refractivity contribution in [2.75, 3.05) is 41.3 Å². The Bertz CT molecular complexity index is 1300. The van der Waals surface area contributed by atoms with Crippen LogP contribution >= 0.6 is 0 Å². The Balaban J connectivity index is 2.01. The molecule has 9 nitrogen and oxygen atoms in total. The standard InChI is InChI=1S/C24H24N4O5/c1-29-17-7-6-13(8-18(17)30-2)16-11-15(21-23(25)26-12-27-24(21)28-16)14-9-19(31-3)22(33-5)20(10-14)32-4/h6-12H,1-5H3,(H2,25,26,27,28). The number of nitrogens with zero attached hydrogens (tertiary/aromatic N) is 3. The summed E-state index contributed by atoms with van der Waals surface area (Å²) in [6.45, 7) is 0. The van der Waals surface area contributed by atoms with Gasteiger partial charge in [0.05, 0.1) is 46.6 Å². The molecule has 2 heterocycles. The number of nitrogens with two attached hydrogens (primary N) is 1. The maximum absolute atomic E-state index is 6.25. The highest BCUT2D eigenvalue weighted by atomic mass is 16.5. The van der Waals surface area contributed by atoms with Crippen LogP contribution in [0.4, 0.5) is 5.82 Å². The molecule has 4 rings (SSSR count). The Hall–Kier alpha value is -4.27. The lowest BCUT2D eigenvalue weighted by atomic mass is 9.98. The molecule has 0 saturated carbocycles. The second kappa shape index (κ2) is 9.07. The van der Waals surface area contributed by atoms with Crippen LogP contribution in [0.1, 0.15) is 0 Å². The van der Waals surface area contributed by atoms with Gasteiger partial charge in [-0.1, -0.05) is 0 Å². The molecule has 0 aliphatic rings. The Morgan fingerprint density at radius 3 is 1.91 bits per heavy atom. The molecule has 0 saturated heterocycles. The number of aromatic nitrogens is 3. The fraction of sp³-hybridized carbons (Fsp3) is 0.208. The second-order valence-electron chi connectivity index (χ2n) is 7.00. The first-order valence-electron chi connectivity index (χ1n) is 9.98. The summed E-state index contributed by atoms with van der Waals surface area (Å²) in [5, 5.41) is 0.621. The van der Waals surface area contributed by atoms with E-state index in [9.17, 15) is 0 Å². The largest absolute Gasteiger partial charge is 0.493 e. The van der Waals surface area contributed by atoms with E-state index in [1.54, 1.807) is 35.5 Å². The molecule has 0 atom stereocenters. The molecule has 0 spiro atoms. The molecule has 0 aliphatic heterocycles. The molecule has 2 aromatic heterocycles. The van der Waals surface area contributed by atoms with Gasteiger partial charge in [0.2, 0.25) is 5.75 Å². The van der Waals surface area contributed by atoms with Crippen molar-refractivity contribution in [2.24, 2.45) is 0 Å². The molecule has 2 N–H and O–H groups in total. The quantitative estimate of drug-likeness (QED) is 0.449. The van der Waals surface area contributed by atoms with Crippen LogP contribution in [0.2, 0.25) is 0 Å². The van der Waals surface area contributed by atoms with Crippen molar-refractivity contribution < 1.29 is 23.7 Å². The molecule has 170 valence electrons. The van der Waals surface area contributed by atoms with Gasteiger partial charge in [0.25, 0.3) is 0 Å². The van der Waals surface area contributed by atoms with Gasteiger partial charge in [0.15, 0.2) is 28.6 Å². The lowest BCUT2D eigenvalue weighted by molar-refractivity contribution is 0.324. The third-order valence-corrected chi connectivity index (χ3v) is 5.29. The number of ether oxygens (including phenoxy) is 5. The number of nitrogen functional groups attached to an aromatic ring is 1. The Morgan fingerprint density at radius 1 is 0.667 bits per heavy atom. The molecule has 0 amide bonds. The van der Waals surface area contributed by atoms with Gasteiger partial charge in [-0.2, -0.15) is 0 Å². The number of pyridine rings is 1. The Kier molecular flexibility index (Phi) is 6.03. The number of benzene rings is 2. The van der Waals surface area contributed by atoms with Crippen molar-refractivity contribution in [3.8, 4) is 51.1 Å². The fourth-order valence-corrected chi connectivity index (χ4v) is 3.70. The van der Waals surface area contributed by atoms with Crippen LogP contribution in [0.3, 0.4) is 0 Å². The minimum atomic E-state index is 0.315. The lowest BCUT2D eigenvalue weighted by Gasteiger charge is -2.16. The molecule has 0 aliphatic carbocycles. The van der Waals surface area contributed by atoms with Gasteiger partial charge in [-0.25, -0.2) is 15.0 Å². The van der Waals surface area contributed by atoms with Crippen molar-refractivity contribution in [3.05, 3.63) is 42.7 Å². The monoisotopic (exact) mass is 448 g/mol. The summed E-state index contributed by atoms with van der Waals surface area (Å²) >= 11 is 0. The Morgan fingerprint density at radius 2 is 1.30 bits per heavy atom. The zero-order valence-electron chi connectivity index (χ0n) is 19.0. The highest BCUT2D eigenvalue weighted by Gasteiger charge is 2.19. The summed E-state index contributed by atoms with van der Waals surface area (Å²) in [7, 11) is 7.87. The number of rotatable bonds is 7. The van der Waals surface area contributed by atoms with Crippen molar-refractivity contribution in [3.63, 3.8) is 0 Å². The smallest absolute Gasteiger partial charge is 0.203 e. The summed E-state index contributed by atoms with van der Waals surface area (Å²) in [5.74, 6) is 3.05. The molecule has 0 radical (unpaired) electrons. The van der Waals surface area contributed by atoms with Crippen molar-refractivity contribution in [1.82, 2.24) is 15.0 Å². The SMILES string of the molecule is COc1ccc(-c2cc(-c3cc(OC)c(OC)c(OC)c3)c3c(N)ncnc3n2)cc1OC. The summed E-state index contributed by atoms with van der Waals surface area (Å²) in [6, 6.07) is 11.2. The average molecular weight is 448 g/mol. The highest BCUT2D eigenvalue weighted by molar-refractivity contribution is 6.01. The van der Waals surface area contributed by atoms with Crippen LogP contribution in [-0.2, 0) is 0 Å². The summed E-state index contributed by atoms with van der Waals surface area (Å²) < 4.78 is 27.4. The zero-order chi connectivity index (χ0) is 23.5. The number of hydrogen-bond acceptors (Lipinski definition) is 9. The minimum absolute atomic E-state index is 0.315. The van der Waals surface area contributed by atoms with Gasteiger partial charge in [0.1, 0.15) is 12.1 Å². The summed E-state index contributed by atoms with van der Waals surface area (Å²) in [5.41, 5.74) is 9.74. The summed E-state index contributed by atoms with van der Waals surface area (Å²) in [6.07, 6.45) is 1.39. The Labute approximate surface area is 191 Å². The van der Waals surface area contributed by atoms with E-state index in [2.05, 4.69) is 9.97 Å². The normalized spacial score (nSPS) is 10.7. The first kappa shape index (κ1) is 21.9. The number of hydrogen-bond donors (Lipinski definition) is 1. The van der Waals surface area contributed by atoms with E-state index in [-0.39, 0.29) is 0 Å². The predicted molar refractivity (Wildman–Crippen MR) is 125 cm³/mol. The maximum atomic E-state index is 6.25. The van der Waals surface area contributed by atoms with Gasteiger partial charge in [-0.3, -0.25) is 0 Å². The third-order valence-electron chi connectivity index (χ3n) is 5.29. The van der Waals surface area contributed by atoms with E-state index in [4.69, 9.17) is 34.4 Å². The molecule has 0 bridgehead atoms. The number of methoxy groups -OCH3 is 5. The molecular formula is C24H24N4O5. The van der Waals surface area contributed by atoms with E-state index in [1.807, 2.05) is 36.4 Å². The molecule has 2 aromatic carbocycles. The lowest BCUT2D eigenvalue weighted by Crippen LogP contribution is -2.00. The molecule has 33 heavy (non-hydrogen) atoms. The number of fused-ring (bicyclic) bond motifs is 1. The molecule has 0 fully saturated rings. The van der Waals surface area contributed by atoms with Crippen LogP contribution in [0.15, 0.2) is 42.7 Å². The van der Waals surface area contributed by atoms with Crippen molar-refractivity contribution in [2.45, 2.75) is 0 Å². The molecule has 0 unspecified atom stereocenters. The van der Waals surface area contributed by atoms with E-state index in [0.29, 0.717) is 51.3 Å². The third kappa shape index (κ3) is 3.89. The van der Waals surface area contributed by atoms with Crippen LogP contribution in [0, 0.1) is 0 Å². The highest BCUT2D eigenvalue weighted by Crippen LogP contribution is 2.44. The predicted octanol–water partition coefficient (Wildman–Crippen LogP) is 3.98. The maximum Gasteiger partial charge on any atom is 0.203 e. The molecule has 9 heteroatoms. The topological polar surface area (TPSA) is 111 Å². The van der Waals surface area contributed by atoms with E-state index in [0.717, 1.165) is 16.7 Å². The van der Waals surface area contributed by atoms with Crippen molar-refractivity contribution >= 4 is 16.9 Å². The van der Waals surface area contributed by atoms with Crippen LogP contribution in [0.5, 0.6) is 28.7 Å². The van der Waals surface area contributed by atoms with Gasteiger partial charge >= 0.3 is 0 Å². The van der Waals surface area contributed by atoms with E-state index >= 15 is 0 Å².